The van der Waals surface area contributed by atoms with Crippen molar-refractivity contribution in [1.29, 1.82) is 5.26 Å². The molecule has 1 aliphatic rings. The standard InChI is InChI=1S/C20H19N3O4S/c21-10-15-3-1-2-4-16(15)12-28-8-7-22-19(24)11-23-20(25)14-5-6-17-18(9-14)27-13-26-17/h1-6,9H,7-8,11-13H2,(H,22,24)(H,23,25). The molecular formula is C20H19N3O4S. The summed E-state index contributed by atoms with van der Waals surface area (Å²) >= 11 is 1.63. The van der Waals surface area contributed by atoms with E-state index < -0.39 is 0 Å². The molecule has 0 aliphatic carbocycles. The van der Waals surface area contributed by atoms with Crippen LogP contribution < -0.4 is 20.1 Å². The molecule has 144 valence electrons. The maximum Gasteiger partial charge on any atom is 0.251 e. The highest BCUT2D eigenvalue weighted by Crippen LogP contribution is 2.32. The molecule has 0 unspecified atom stereocenters. The third kappa shape index (κ3) is 5.18. The maximum atomic E-state index is 12.1. The third-order valence-electron chi connectivity index (χ3n) is 4.01. The first-order valence-electron chi connectivity index (χ1n) is 8.67. The minimum atomic E-state index is -0.351. The van der Waals surface area contributed by atoms with Gasteiger partial charge >= 0.3 is 0 Å². The van der Waals surface area contributed by atoms with Crippen LogP contribution >= 0.6 is 11.8 Å². The zero-order chi connectivity index (χ0) is 19.8. The number of rotatable bonds is 8. The molecule has 8 heteroatoms. The SMILES string of the molecule is N#Cc1ccccc1CSCCNC(=O)CNC(=O)c1ccc2c(c1)OCO2. The molecule has 3 rings (SSSR count). The minimum Gasteiger partial charge on any atom is -0.454 e. The topological polar surface area (TPSA) is 100 Å². The van der Waals surface area contributed by atoms with Crippen LogP contribution in [0.4, 0.5) is 0 Å². The number of benzene rings is 2. The van der Waals surface area contributed by atoms with Gasteiger partial charge in [-0.1, -0.05) is 18.2 Å². The average Bonchev–Trinajstić information content (AvgIpc) is 3.20. The monoisotopic (exact) mass is 397 g/mol. The van der Waals surface area contributed by atoms with Crippen LogP contribution in [-0.4, -0.2) is 37.4 Å². The molecule has 0 spiro atoms. The van der Waals surface area contributed by atoms with Gasteiger partial charge in [-0.05, 0) is 29.8 Å². The Balaban J connectivity index is 1.33. The second kappa shape index (κ2) is 9.67. The number of thioether (sulfide) groups is 1. The number of hydrogen-bond donors (Lipinski definition) is 2. The Hall–Kier alpha value is -3.18. The number of ether oxygens (including phenoxy) is 2. The van der Waals surface area contributed by atoms with E-state index in [1.165, 1.54) is 0 Å². The highest BCUT2D eigenvalue weighted by atomic mass is 32.2. The number of hydrogen-bond acceptors (Lipinski definition) is 6. The minimum absolute atomic E-state index is 0.102. The van der Waals surface area contributed by atoms with Gasteiger partial charge in [-0.3, -0.25) is 9.59 Å². The molecule has 2 aromatic rings. The van der Waals surface area contributed by atoms with Crippen LogP contribution in [0.5, 0.6) is 11.5 Å². The van der Waals surface area contributed by atoms with Gasteiger partial charge in [0, 0.05) is 23.6 Å². The van der Waals surface area contributed by atoms with Gasteiger partial charge in [-0.2, -0.15) is 17.0 Å². The van der Waals surface area contributed by atoms with Gasteiger partial charge in [0.15, 0.2) is 11.5 Å². The van der Waals surface area contributed by atoms with E-state index in [2.05, 4.69) is 16.7 Å². The van der Waals surface area contributed by atoms with Gasteiger partial charge < -0.3 is 20.1 Å². The summed E-state index contributed by atoms with van der Waals surface area (Å²) in [5.74, 6) is 1.93. The zero-order valence-corrected chi connectivity index (χ0v) is 15.9. The normalized spacial score (nSPS) is 11.5. The molecule has 2 aromatic carbocycles. The van der Waals surface area contributed by atoms with E-state index >= 15 is 0 Å². The molecule has 0 saturated carbocycles. The molecular weight excluding hydrogens is 378 g/mol. The molecule has 0 fully saturated rings. The van der Waals surface area contributed by atoms with Crippen molar-refractivity contribution in [3.8, 4) is 17.6 Å². The first-order valence-corrected chi connectivity index (χ1v) is 9.83. The van der Waals surface area contributed by atoms with E-state index in [4.69, 9.17) is 14.7 Å². The summed E-state index contributed by atoms with van der Waals surface area (Å²) in [4.78, 5) is 24.0. The Morgan fingerprint density at radius 2 is 1.93 bits per heavy atom. The molecule has 0 saturated heterocycles. The van der Waals surface area contributed by atoms with Crippen LogP contribution in [0.25, 0.3) is 0 Å². The van der Waals surface area contributed by atoms with Gasteiger partial charge in [0.25, 0.3) is 5.91 Å². The number of fused-ring (bicyclic) bond motifs is 1. The van der Waals surface area contributed by atoms with Crippen molar-refractivity contribution < 1.29 is 19.1 Å². The van der Waals surface area contributed by atoms with Gasteiger partial charge in [-0.25, -0.2) is 0 Å². The van der Waals surface area contributed by atoms with Crippen LogP contribution in [0.2, 0.25) is 0 Å². The molecule has 1 heterocycles. The van der Waals surface area contributed by atoms with Gasteiger partial charge in [0.2, 0.25) is 12.7 Å². The zero-order valence-electron chi connectivity index (χ0n) is 15.1. The number of nitriles is 1. The van der Waals surface area contributed by atoms with E-state index in [0.717, 1.165) is 5.56 Å². The Labute approximate surface area is 167 Å². The molecule has 2 amide bonds. The largest absolute Gasteiger partial charge is 0.454 e. The van der Waals surface area contributed by atoms with E-state index in [0.29, 0.717) is 40.7 Å². The molecule has 7 nitrogen and oxygen atoms in total. The van der Waals surface area contributed by atoms with Crippen molar-refractivity contribution in [2.75, 3.05) is 25.6 Å². The maximum absolute atomic E-state index is 12.1. The lowest BCUT2D eigenvalue weighted by Gasteiger charge is -2.08. The molecule has 28 heavy (non-hydrogen) atoms. The Kier molecular flexibility index (Phi) is 6.76. The molecule has 0 radical (unpaired) electrons. The summed E-state index contributed by atoms with van der Waals surface area (Å²) in [6.07, 6.45) is 0. The number of amides is 2. The second-order valence-corrected chi connectivity index (χ2v) is 7.03. The first-order chi connectivity index (χ1) is 13.7. The molecule has 2 N–H and O–H groups in total. The number of nitrogens with zero attached hydrogens (tertiary/aromatic N) is 1. The molecule has 0 aromatic heterocycles. The summed E-state index contributed by atoms with van der Waals surface area (Å²) < 4.78 is 10.4. The Morgan fingerprint density at radius 1 is 1.11 bits per heavy atom. The highest BCUT2D eigenvalue weighted by Gasteiger charge is 2.16. The van der Waals surface area contributed by atoms with Gasteiger partial charge in [0.1, 0.15) is 0 Å². The van der Waals surface area contributed by atoms with Crippen LogP contribution in [0.3, 0.4) is 0 Å². The molecule has 0 atom stereocenters. The predicted octanol–water partition coefficient (Wildman–Crippen LogP) is 2.07. The van der Waals surface area contributed by atoms with Crippen molar-refractivity contribution in [2.45, 2.75) is 5.75 Å². The smallest absolute Gasteiger partial charge is 0.251 e. The highest BCUT2D eigenvalue weighted by molar-refractivity contribution is 7.98. The lowest BCUT2D eigenvalue weighted by Crippen LogP contribution is -2.37. The van der Waals surface area contributed by atoms with Gasteiger partial charge in [-0.15, -0.1) is 0 Å². The first kappa shape index (κ1) is 19.6. The summed E-state index contributed by atoms with van der Waals surface area (Å²) in [7, 11) is 0. The Morgan fingerprint density at radius 3 is 2.79 bits per heavy atom. The van der Waals surface area contributed by atoms with Crippen molar-refractivity contribution in [2.24, 2.45) is 0 Å². The summed E-state index contributed by atoms with van der Waals surface area (Å²) in [5.41, 5.74) is 2.06. The lowest BCUT2D eigenvalue weighted by molar-refractivity contribution is -0.120. The van der Waals surface area contributed by atoms with E-state index in [9.17, 15) is 9.59 Å². The number of carbonyl (C=O) groups excluding carboxylic acids is 2. The average molecular weight is 397 g/mol. The fourth-order valence-corrected chi connectivity index (χ4v) is 3.43. The van der Waals surface area contributed by atoms with Crippen molar-refractivity contribution >= 4 is 23.6 Å². The van der Waals surface area contributed by atoms with Crippen molar-refractivity contribution in [3.05, 3.63) is 59.2 Å². The molecule has 1 aliphatic heterocycles. The van der Waals surface area contributed by atoms with E-state index in [-0.39, 0.29) is 25.2 Å². The Bertz CT molecular complexity index is 911. The van der Waals surface area contributed by atoms with Crippen LogP contribution in [-0.2, 0) is 10.5 Å². The van der Waals surface area contributed by atoms with E-state index in [1.807, 2.05) is 18.2 Å². The summed E-state index contributed by atoms with van der Waals surface area (Å²) in [6.45, 7) is 0.524. The second-order valence-electron chi connectivity index (χ2n) is 5.92. The predicted molar refractivity (Wildman–Crippen MR) is 105 cm³/mol. The van der Waals surface area contributed by atoms with Crippen LogP contribution in [0.1, 0.15) is 21.5 Å². The third-order valence-corrected chi connectivity index (χ3v) is 5.02. The summed E-state index contributed by atoms with van der Waals surface area (Å²) in [5, 5.41) is 14.4. The number of carbonyl (C=O) groups is 2. The summed E-state index contributed by atoms with van der Waals surface area (Å²) in [6, 6.07) is 14.5. The number of nitrogens with one attached hydrogen (secondary N) is 2. The van der Waals surface area contributed by atoms with E-state index in [1.54, 1.807) is 36.0 Å². The fraction of sp³-hybridized carbons (Fsp3) is 0.250. The van der Waals surface area contributed by atoms with Crippen LogP contribution in [0.15, 0.2) is 42.5 Å². The lowest BCUT2D eigenvalue weighted by atomic mass is 10.1. The quantitative estimate of drug-likeness (QED) is 0.662. The molecule has 0 bridgehead atoms. The van der Waals surface area contributed by atoms with Gasteiger partial charge in [0.05, 0.1) is 18.2 Å². The fourth-order valence-electron chi connectivity index (χ4n) is 2.56. The van der Waals surface area contributed by atoms with Crippen LogP contribution in [0, 0.1) is 11.3 Å². The van der Waals surface area contributed by atoms with Crippen molar-refractivity contribution in [3.63, 3.8) is 0 Å². The van der Waals surface area contributed by atoms with Crippen molar-refractivity contribution in [1.82, 2.24) is 10.6 Å².